The van der Waals surface area contributed by atoms with Crippen molar-refractivity contribution in [3.8, 4) is 0 Å². The number of ketones is 1. The Bertz CT molecular complexity index is 828. The summed E-state index contributed by atoms with van der Waals surface area (Å²) >= 11 is 0. The normalized spacial score (nSPS) is 12.2. The average molecular weight is 435 g/mol. The molecular formula is C20H26FN5O5. The van der Waals surface area contributed by atoms with Crippen molar-refractivity contribution in [1.29, 1.82) is 5.41 Å². The molecule has 0 aromatic heterocycles. The number of nitrogens with two attached hydrogens (primary N) is 1. The summed E-state index contributed by atoms with van der Waals surface area (Å²) in [6.07, 6.45) is 0.140. The molecule has 10 nitrogen and oxygen atoms in total. The fourth-order valence-corrected chi connectivity index (χ4v) is 2.62. The Morgan fingerprint density at radius 2 is 1.58 bits per heavy atom. The lowest BCUT2D eigenvalue weighted by Gasteiger charge is -2.22. The zero-order chi connectivity index (χ0) is 23.4. The highest BCUT2D eigenvalue weighted by Gasteiger charge is 2.26. The number of carbonyl (C=O) groups is 5. The Balaban J connectivity index is 2.86. The van der Waals surface area contributed by atoms with Crippen molar-refractivity contribution in [2.24, 2.45) is 5.73 Å². The smallest absolute Gasteiger partial charge is 0.243 e. The second-order valence-electron chi connectivity index (χ2n) is 6.81. The first-order valence-electron chi connectivity index (χ1n) is 9.53. The van der Waals surface area contributed by atoms with Crippen LogP contribution in [0.25, 0.3) is 0 Å². The Labute approximate surface area is 178 Å². The van der Waals surface area contributed by atoms with Crippen molar-refractivity contribution in [1.82, 2.24) is 16.0 Å². The summed E-state index contributed by atoms with van der Waals surface area (Å²) < 4.78 is 13.0. The maximum atomic E-state index is 13.0. The highest BCUT2D eigenvalue weighted by molar-refractivity contribution is 6.26. The van der Waals surface area contributed by atoms with E-state index in [1.807, 2.05) is 0 Å². The predicted octanol–water partition coefficient (Wildman–Crippen LogP) is -0.304. The minimum Gasteiger partial charge on any atom is -0.370 e. The van der Waals surface area contributed by atoms with Crippen LogP contribution in [0, 0.1) is 11.2 Å². The molecule has 0 fully saturated rings. The molecule has 0 bridgehead atoms. The first-order valence-corrected chi connectivity index (χ1v) is 9.53. The van der Waals surface area contributed by atoms with Crippen molar-refractivity contribution in [2.75, 3.05) is 0 Å². The standard InChI is InChI=1S/C20H26FN5O5/c1-12(27)25-17(8-9-18(23)29)20(31)26-16(7-6-15(28)10-22)19(30)24-11-13-2-4-14(21)5-3-13/h2-5,10,16-17,22H,6-9,11H2,1H3,(H2,23,29)(H,24,30)(H,25,27)(H,26,31)/t16-,17-/m0/s1. The zero-order valence-corrected chi connectivity index (χ0v) is 17.1. The Kier molecular flexibility index (Phi) is 10.5. The molecule has 2 atom stereocenters. The van der Waals surface area contributed by atoms with Crippen LogP contribution in [-0.2, 0) is 30.5 Å². The minimum absolute atomic E-state index is 0.0563. The lowest BCUT2D eigenvalue weighted by atomic mass is 10.1. The highest BCUT2D eigenvalue weighted by atomic mass is 19.1. The van der Waals surface area contributed by atoms with Crippen LogP contribution in [0.3, 0.4) is 0 Å². The topological polar surface area (TPSA) is 171 Å². The van der Waals surface area contributed by atoms with Crippen LogP contribution < -0.4 is 21.7 Å². The number of hydrogen-bond acceptors (Lipinski definition) is 6. The molecule has 0 radical (unpaired) electrons. The van der Waals surface area contributed by atoms with Gasteiger partial charge in [0, 0.05) is 26.3 Å². The summed E-state index contributed by atoms with van der Waals surface area (Å²) in [6, 6.07) is 3.20. The molecule has 1 rings (SSSR count). The molecule has 11 heteroatoms. The van der Waals surface area contributed by atoms with Gasteiger partial charge in [-0.05, 0) is 30.5 Å². The van der Waals surface area contributed by atoms with Crippen molar-refractivity contribution < 1.29 is 28.4 Å². The van der Waals surface area contributed by atoms with E-state index in [-0.39, 0.29) is 32.2 Å². The average Bonchev–Trinajstić information content (AvgIpc) is 2.72. The van der Waals surface area contributed by atoms with Gasteiger partial charge in [0.05, 0.1) is 6.21 Å². The van der Waals surface area contributed by atoms with E-state index in [0.29, 0.717) is 11.8 Å². The third-order valence-corrected chi connectivity index (χ3v) is 4.23. The molecule has 168 valence electrons. The summed E-state index contributed by atoms with van der Waals surface area (Å²) in [4.78, 5) is 59.1. The monoisotopic (exact) mass is 435 g/mol. The summed E-state index contributed by atoms with van der Waals surface area (Å²) in [5.41, 5.74) is 5.71. The molecule has 0 spiro atoms. The van der Waals surface area contributed by atoms with Gasteiger partial charge in [0.25, 0.3) is 0 Å². The number of amides is 4. The Morgan fingerprint density at radius 1 is 1.00 bits per heavy atom. The Morgan fingerprint density at radius 3 is 2.13 bits per heavy atom. The van der Waals surface area contributed by atoms with Gasteiger partial charge in [-0.2, -0.15) is 0 Å². The van der Waals surface area contributed by atoms with Gasteiger partial charge >= 0.3 is 0 Å². The van der Waals surface area contributed by atoms with Gasteiger partial charge < -0.3 is 27.1 Å². The van der Waals surface area contributed by atoms with Crippen LogP contribution in [0.5, 0.6) is 0 Å². The van der Waals surface area contributed by atoms with E-state index >= 15 is 0 Å². The van der Waals surface area contributed by atoms with E-state index < -0.39 is 47.3 Å². The molecule has 0 aliphatic carbocycles. The van der Waals surface area contributed by atoms with E-state index in [4.69, 9.17) is 11.1 Å². The van der Waals surface area contributed by atoms with E-state index in [0.717, 1.165) is 0 Å². The maximum Gasteiger partial charge on any atom is 0.243 e. The fraction of sp³-hybridized carbons (Fsp3) is 0.400. The van der Waals surface area contributed by atoms with Crippen LogP contribution in [-0.4, -0.2) is 47.7 Å². The molecule has 4 amide bonds. The number of carbonyl (C=O) groups excluding carboxylic acids is 5. The number of benzene rings is 1. The predicted molar refractivity (Wildman–Crippen MR) is 109 cm³/mol. The van der Waals surface area contributed by atoms with E-state index in [2.05, 4.69) is 16.0 Å². The van der Waals surface area contributed by atoms with Gasteiger partial charge in [0.1, 0.15) is 17.9 Å². The molecule has 0 saturated carbocycles. The number of hydrogen-bond donors (Lipinski definition) is 5. The summed E-state index contributed by atoms with van der Waals surface area (Å²) in [7, 11) is 0. The van der Waals surface area contributed by atoms with E-state index in [1.165, 1.54) is 31.2 Å². The fourth-order valence-electron chi connectivity index (χ4n) is 2.62. The third-order valence-electron chi connectivity index (χ3n) is 4.23. The van der Waals surface area contributed by atoms with Crippen LogP contribution in [0.1, 0.15) is 38.2 Å². The van der Waals surface area contributed by atoms with Crippen molar-refractivity contribution >= 4 is 35.6 Å². The molecule has 0 aliphatic rings. The quantitative estimate of drug-likeness (QED) is 0.267. The SMILES string of the molecule is CC(=O)N[C@@H](CCC(N)=O)C(=O)N[C@@H](CCC(=O)C=N)C(=O)NCc1ccc(F)cc1. The van der Waals surface area contributed by atoms with Gasteiger partial charge in [0.15, 0.2) is 5.78 Å². The third kappa shape index (κ3) is 10.1. The first-order chi connectivity index (χ1) is 14.6. The molecule has 0 heterocycles. The number of Topliss-reactive ketones (excluding diaryl/α,β-unsaturated/α-hetero) is 1. The molecule has 0 aliphatic heterocycles. The molecule has 6 N–H and O–H groups in total. The highest BCUT2D eigenvalue weighted by Crippen LogP contribution is 2.05. The van der Waals surface area contributed by atoms with Crippen LogP contribution in [0.4, 0.5) is 4.39 Å². The number of nitrogens with one attached hydrogen (secondary N) is 4. The van der Waals surface area contributed by atoms with Crippen LogP contribution >= 0.6 is 0 Å². The largest absolute Gasteiger partial charge is 0.370 e. The van der Waals surface area contributed by atoms with Gasteiger partial charge in [-0.15, -0.1) is 0 Å². The number of halogens is 1. The summed E-state index contributed by atoms with van der Waals surface area (Å²) in [5, 5.41) is 14.4. The molecule has 31 heavy (non-hydrogen) atoms. The second-order valence-corrected chi connectivity index (χ2v) is 6.81. The number of rotatable bonds is 13. The lowest BCUT2D eigenvalue weighted by Crippen LogP contribution is -2.53. The molecule has 1 aromatic carbocycles. The van der Waals surface area contributed by atoms with Crippen LogP contribution in [0.2, 0.25) is 0 Å². The van der Waals surface area contributed by atoms with Crippen molar-refractivity contribution in [3.63, 3.8) is 0 Å². The zero-order valence-electron chi connectivity index (χ0n) is 17.1. The van der Waals surface area contributed by atoms with Gasteiger partial charge in [-0.3, -0.25) is 24.0 Å². The van der Waals surface area contributed by atoms with Crippen molar-refractivity contribution in [3.05, 3.63) is 35.6 Å². The summed E-state index contributed by atoms with van der Waals surface area (Å²) in [5.74, 6) is -3.45. The summed E-state index contributed by atoms with van der Waals surface area (Å²) in [6.45, 7) is 1.25. The molecular weight excluding hydrogens is 409 g/mol. The van der Waals surface area contributed by atoms with Gasteiger partial charge in [0.2, 0.25) is 23.6 Å². The molecule has 0 saturated heterocycles. The second kappa shape index (κ2) is 12.8. The van der Waals surface area contributed by atoms with Gasteiger partial charge in [-0.25, -0.2) is 4.39 Å². The van der Waals surface area contributed by atoms with Crippen LogP contribution in [0.15, 0.2) is 24.3 Å². The number of primary amides is 1. The van der Waals surface area contributed by atoms with Gasteiger partial charge in [-0.1, -0.05) is 12.1 Å². The van der Waals surface area contributed by atoms with Crippen molar-refractivity contribution in [2.45, 2.75) is 51.2 Å². The Hall–Kier alpha value is -3.63. The first kappa shape index (κ1) is 25.4. The molecule has 0 unspecified atom stereocenters. The lowest BCUT2D eigenvalue weighted by molar-refractivity contribution is -0.132. The minimum atomic E-state index is -1.14. The molecule has 1 aromatic rings. The van der Waals surface area contributed by atoms with E-state index in [1.54, 1.807) is 0 Å². The van der Waals surface area contributed by atoms with E-state index in [9.17, 15) is 28.4 Å². The maximum absolute atomic E-state index is 13.0.